The van der Waals surface area contributed by atoms with E-state index in [0.29, 0.717) is 16.5 Å². The lowest BCUT2D eigenvalue weighted by atomic mass is 9.82. The van der Waals surface area contributed by atoms with Gasteiger partial charge in [-0.25, -0.2) is 0 Å². The lowest BCUT2D eigenvalue weighted by molar-refractivity contribution is -0.313. The van der Waals surface area contributed by atoms with Gasteiger partial charge in [-0.1, -0.05) is 23.8 Å². The van der Waals surface area contributed by atoms with Crippen LogP contribution in [0.4, 0.5) is 5.69 Å². The van der Waals surface area contributed by atoms with Crippen LogP contribution in [0, 0.1) is 11.8 Å². The summed E-state index contributed by atoms with van der Waals surface area (Å²) < 4.78 is 10.6. The van der Waals surface area contributed by atoms with E-state index in [0.717, 1.165) is 0 Å². The van der Waals surface area contributed by atoms with Gasteiger partial charge in [-0.2, -0.15) is 0 Å². The van der Waals surface area contributed by atoms with E-state index >= 15 is 0 Å². The van der Waals surface area contributed by atoms with E-state index in [1.807, 2.05) is 0 Å². The van der Waals surface area contributed by atoms with Crippen LogP contribution in [0.1, 0.15) is 0 Å². The molecule has 2 heterocycles. The molecule has 22 heavy (non-hydrogen) atoms. The fourth-order valence-corrected chi connectivity index (χ4v) is 3.07. The molecule has 1 aromatic rings. The van der Waals surface area contributed by atoms with Gasteiger partial charge in [0.25, 0.3) is 0 Å². The number of hydrogen-bond donors (Lipinski definition) is 1. The average Bonchev–Trinajstić information content (AvgIpc) is 3.08. The van der Waals surface area contributed by atoms with Crippen molar-refractivity contribution in [1.82, 2.24) is 0 Å². The smallest absolute Gasteiger partial charge is 0.231 e. The van der Waals surface area contributed by atoms with Crippen LogP contribution < -0.4 is 15.2 Å². The number of anilines is 1. The van der Waals surface area contributed by atoms with Gasteiger partial charge < -0.3 is 24.7 Å². The summed E-state index contributed by atoms with van der Waals surface area (Å²) in [4.78, 5) is 23.8. The number of carboxylic acid groups (broad SMARTS) is 1. The normalized spacial score (nSPS) is 28.6. The highest BCUT2D eigenvalue weighted by Crippen LogP contribution is 2.40. The summed E-state index contributed by atoms with van der Waals surface area (Å²) in [5.74, 6) is -3.17. The Bertz CT molecular complexity index is 659. The molecule has 6 nitrogen and oxygen atoms in total. The van der Waals surface area contributed by atoms with Gasteiger partial charge in [-0.05, 0) is 18.2 Å². The van der Waals surface area contributed by atoms with E-state index in [1.54, 1.807) is 24.3 Å². The number of rotatable bonds is 4. The molecule has 1 amide bonds. The molecule has 2 bridgehead atoms. The molecule has 0 unspecified atom stereocenters. The highest BCUT2D eigenvalue weighted by molar-refractivity contribution is 6.31. The molecule has 0 aromatic heterocycles. The lowest BCUT2D eigenvalue weighted by Gasteiger charge is -2.25. The lowest BCUT2D eigenvalue weighted by Crippen LogP contribution is -2.45. The zero-order valence-electron chi connectivity index (χ0n) is 11.6. The Kier molecular flexibility index (Phi) is 3.80. The Morgan fingerprint density at radius 3 is 2.59 bits per heavy atom. The van der Waals surface area contributed by atoms with E-state index in [9.17, 15) is 14.7 Å². The summed E-state index contributed by atoms with van der Waals surface area (Å²) in [5.41, 5.74) is 0.379. The van der Waals surface area contributed by atoms with Crippen molar-refractivity contribution < 1.29 is 24.2 Å². The van der Waals surface area contributed by atoms with Crippen LogP contribution >= 0.6 is 11.6 Å². The molecule has 1 fully saturated rings. The second-order valence-electron chi connectivity index (χ2n) is 5.15. The molecule has 7 heteroatoms. The van der Waals surface area contributed by atoms with Gasteiger partial charge in [-0.15, -0.1) is 0 Å². The first-order valence-corrected chi connectivity index (χ1v) is 7.08. The van der Waals surface area contributed by atoms with Crippen LogP contribution in [0.15, 0.2) is 30.4 Å². The van der Waals surface area contributed by atoms with Crippen LogP contribution in [0.5, 0.6) is 5.75 Å². The fourth-order valence-electron chi connectivity index (χ4n) is 2.90. The molecule has 4 atom stereocenters. The number of hydrogen-bond acceptors (Lipinski definition) is 5. The topological polar surface area (TPSA) is 87.7 Å². The van der Waals surface area contributed by atoms with Crippen LogP contribution in [-0.4, -0.2) is 31.2 Å². The zero-order valence-corrected chi connectivity index (χ0v) is 12.4. The number of carboxylic acids is 1. The van der Waals surface area contributed by atoms with Gasteiger partial charge >= 0.3 is 0 Å². The maximum Gasteiger partial charge on any atom is 0.231 e. The Balaban J connectivity index is 1.84. The summed E-state index contributed by atoms with van der Waals surface area (Å²) in [7, 11) is 1.46. The number of nitrogens with one attached hydrogen (secondary N) is 1. The van der Waals surface area contributed by atoms with E-state index in [-0.39, 0.29) is 0 Å². The minimum Gasteiger partial charge on any atom is -0.550 e. The third-order valence-corrected chi connectivity index (χ3v) is 4.13. The predicted molar refractivity (Wildman–Crippen MR) is 76.4 cm³/mol. The summed E-state index contributed by atoms with van der Waals surface area (Å²) >= 11 is 5.91. The molecule has 0 radical (unpaired) electrons. The monoisotopic (exact) mass is 322 g/mol. The number of methoxy groups -OCH3 is 1. The number of ether oxygens (including phenoxy) is 2. The summed E-state index contributed by atoms with van der Waals surface area (Å²) in [6.07, 6.45) is 2.17. The van der Waals surface area contributed by atoms with Crippen LogP contribution in [-0.2, 0) is 14.3 Å². The largest absolute Gasteiger partial charge is 0.550 e. The van der Waals surface area contributed by atoms with E-state index in [1.165, 1.54) is 13.2 Å². The minimum atomic E-state index is -1.30. The molecule has 0 aliphatic carbocycles. The number of fused-ring (bicyclic) bond motifs is 2. The van der Waals surface area contributed by atoms with Crippen molar-refractivity contribution in [3.63, 3.8) is 0 Å². The molecular weight excluding hydrogens is 310 g/mol. The second kappa shape index (κ2) is 5.62. The molecule has 1 aromatic carbocycles. The first-order valence-electron chi connectivity index (χ1n) is 6.70. The van der Waals surface area contributed by atoms with Crippen LogP contribution in [0.2, 0.25) is 5.02 Å². The molecule has 1 saturated heterocycles. The maximum absolute atomic E-state index is 12.5. The van der Waals surface area contributed by atoms with E-state index < -0.39 is 35.9 Å². The highest BCUT2D eigenvalue weighted by Gasteiger charge is 2.50. The Morgan fingerprint density at radius 2 is 1.95 bits per heavy atom. The number of benzene rings is 1. The van der Waals surface area contributed by atoms with Crippen LogP contribution in [0.3, 0.4) is 0 Å². The van der Waals surface area contributed by atoms with E-state index in [2.05, 4.69) is 5.32 Å². The van der Waals surface area contributed by atoms with Crippen molar-refractivity contribution in [2.24, 2.45) is 11.8 Å². The molecule has 2 aliphatic rings. The summed E-state index contributed by atoms with van der Waals surface area (Å²) in [6, 6.07) is 4.78. The Labute approximate surface area is 131 Å². The van der Waals surface area contributed by atoms with Crippen molar-refractivity contribution in [2.75, 3.05) is 12.4 Å². The zero-order chi connectivity index (χ0) is 15.9. The molecule has 0 saturated carbocycles. The van der Waals surface area contributed by atoms with Crippen molar-refractivity contribution in [3.8, 4) is 5.75 Å². The first-order chi connectivity index (χ1) is 10.5. The van der Waals surface area contributed by atoms with Crippen molar-refractivity contribution >= 4 is 29.2 Å². The summed E-state index contributed by atoms with van der Waals surface area (Å²) in [6.45, 7) is 0. The Hall–Kier alpha value is -2.05. The minimum absolute atomic E-state index is 0.379. The Morgan fingerprint density at radius 1 is 1.27 bits per heavy atom. The quantitative estimate of drug-likeness (QED) is 0.820. The molecule has 116 valence electrons. The summed E-state index contributed by atoms with van der Waals surface area (Å²) in [5, 5.41) is 14.4. The third kappa shape index (κ3) is 2.44. The average molecular weight is 323 g/mol. The van der Waals surface area contributed by atoms with Gasteiger partial charge in [0, 0.05) is 16.9 Å². The number of carbonyl (C=O) groups is 2. The first kappa shape index (κ1) is 14.9. The van der Waals surface area contributed by atoms with Gasteiger partial charge in [-0.3, -0.25) is 4.79 Å². The number of halogens is 1. The number of carbonyl (C=O) groups excluding carboxylic acids is 2. The van der Waals surface area contributed by atoms with Gasteiger partial charge in [0.15, 0.2) is 0 Å². The molecule has 1 N–H and O–H groups in total. The third-order valence-electron chi connectivity index (χ3n) is 3.89. The highest BCUT2D eigenvalue weighted by atomic mass is 35.5. The number of aliphatic carboxylic acids is 1. The SMILES string of the molecule is COc1ccc(Cl)cc1NC(=O)[C@H]1[C@@H](C(=O)[O-])[C@@H]2C=C[C@H]1O2. The second-order valence-corrected chi connectivity index (χ2v) is 5.59. The van der Waals surface area contributed by atoms with Crippen molar-refractivity contribution in [2.45, 2.75) is 12.2 Å². The molecule has 3 rings (SSSR count). The standard InChI is InChI=1S/C15H14ClNO5/c1-21-9-3-2-7(16)6-8(9)17-14(18)12-10-4-5-11(22-10)13(12)15(19)20/h2-6,10-13H,1H3,(H,17,18)(H,19,20)/p-1/t10-,11+,12-,13+/m1/s1. The van der Waals surface area contributed by atoms with Crippen molar-refractivity contribution in [1.29, 1.82) is 0 Å². The van der Waals surface area contributed by atoms with Crippen LogP contribution in [0.25, 0.3) is 0 Å². The van der Waals surface area contributed by atoms with Gasteiger partial charge in [0.05, 0.1) is 30.9 Å². The van der Waals surface area contributed by atoms with E-state index in [4.69, 9.17) is 21.1 Å². The fraction of sp³-hybridized carbons (Fsp3) is 0.333. The van der Waals surface area contributed by atoms with Gasteiger partial charge in [0.2, 0.25) is 5.91 Å². The van der Waals surface area contributed by atoms with Crippen molar-refractivity contribution in [3.05, 3.63) is 35.4 Å². The molecule has 2 aliphatic heterocycles. The maximum atomic E-state index is 12.5. The molecular formula is C15H13ClNO5-. The predicted octanol–water partition coefficient (Wildman–Crippen LogP) is 0.607. The molecule has 0 spiro atoms. The van der Waals surface area contributed by atoms with Gasteiger partial charge in [0.1, 0.15) is 5.75 Å². The number of amides is 1.